The molecule has 4 heavy (non-hydrogen) atoms. The molecule has 0 amide bonds. The summed E-state index contributed by atoms with van der Waals surface area (Å²) in [5.41, 5.74) is 0. The molecule has 0 rings (SSSR count). The minimum absolute atomic E-state index is 0. The summed E-state index contributed by atoms with van der Waals surface area (Å²) in [7, 11) is 0. The third-order valence-corrected chi connectivity index (χ3v) is 0. The summed E-state index contributed by atoms with van der Waals surface area (Å²) in [6.07, 6.45) is 0. The second-order valence-corrected chi connectivity index (χ2v) is 0. The quantitative estimate of drug-likeness (QED) is 0.466. The van der Waals surface area contributed by atoms with Crippen LogP contribution in [0.4, 0.5) is 0 Å². The molecule has 0 aliphatic heterocycles. The maximum Gasteiger partial charge on any atom is 0 e. The Balaban J connectivity index is 0. The van der Waals surface area contributed by atoms with Crippen LogP contribution in [0, 0.1) is 0 Å². The maximum absolute atomic E-state index is 0. The molecule has 0 nitrogen and oxygen atoms in total. The Labute approximate surface area is 70.1 Å². The minimum atomic E-state index is 0. The van der Waals surface area contributed by atoms with Crippen LogP contribution in [0.15, 0.2) is 0 Å². The molecule has 0 saturated heterocycles. The van der Waals surface area contributed by atoms with E-state index in [0.29, 0.717) is 0 Å². The first-order valence-corrected chi connectivity index (χ1v) is 0. The van der Waals surface area contributed by atoms with E-state index in [4.69, 9.17) is 0 Å². The van der Waals surface area contributed by atoms with Crippen LogP contribution in [0.1, 0.15) is 0 Å². The molecule has 29 valence electrons. The van der Waals surface area contributed by atoms with Gasteiger partial charge in [-0.3, -0.25) is 0 Å². The van der Waals surface area contributed by atoms with E-state index in [9.17, 15) is 0 Å². The summed E-state index contributed by atoms with van der Waals surface area (Å²) in [4.78, 5) is 0. The van der Waals surface area contributed by atoms with Crippen LogP contribution in [0.3, 0.4) is 0 Å². The van der Waals surface area contributed by atoms with Gasteiger partial charge in [0.2, 0.25) is 0 Å². The molecule has 1 radical (unpaired) electrons. The van der Waals surface area contributed by atoms with Crippen molar-refractivity contribution in [3.63, 3.8) is 0 Å². The van der Waals surface area contributed by atoms with Crippen LogP contribution in [0.2, 0.25) is 0 Å². The SMILES string of the molecule is [Cr].[GaH3].[Mn].[Ni]. The van der Waals surface area contributed by atoms with Gasteiger partial charge < -0.3 is 0 Å². The van der Waals surface area contributed by atoms with Crippen molar-refractivity contribution in [3.05, 3.63) is 0 Å². The summed E-state index contributed by atoms with van der Waals surface area (Å²) in [5.74, 6) is 0. The van der Waals surface area contributed by atoms with Crippen LogP contribution >= 0.6 is 0 Å². The monoisotopic (exact) mass is 237 g/mol. The van der Waals surface area contributed by atoms with Gasteiger partial charge in [-0.15, -0.1) is 0 Å². The van der Waals surface area contributed by atoms with Crippen molar-refractivity contribution >= 4 is 19.8 Å². The fraction of sp³-hybridized carbons (Fsp3) is 0. The van der Waals surface area contributed by atoms with E-state index in [2.05, 4.69) is 0 Å². The Bertz CT molecular complexity index is 8.00. The van der Waals surface area contributed by atoms with Gasteiger partial charge in [-0.1, -0.05) is 0 Å². The van der Waals surface area contributed by atoms with Gasteiger partial charge in [0.05, 0.1) is 0 Å². The molecular weight excluding hydrogens is 235 g/mol. The Morgan fingerprint density at radius 2 is 1.00 bits per heavy atom. The Hall–Kier alpha value is 2.18. The first-order chi connectivity index (χ1) is 0. The summed E-state index contributed by atoms with van der Waals surface area (Å²) in [6.45, 7) is 0. The van der Waals surface area contributed by atoms with Crippen LogP contribution < -0.4 is 0 Å². The third kappa shape index (κ3) is 8.89. The molecule has 0 heterocycles. The van der Waals surface area contributed by atoms with Crippen LogP contribution in [-0.4, -0.2) is 19.8 Å². The summed E-state index contributed by atoms with van der Waals surface area (Å²) in [6, 6.07) is 0. The van der Waals surface area contributed by atoms with Crippen molar-refractivity contribution in [2.75, 3.05) is 0 Å². The van der Waals surface area contributed by atoms with Gasteiger partial charge in [-0.2, -0.15) is 0 Å². The van der Waals surface area contributed by atoms with Crippen LogP contribution in [0.5, 0.6) is 0 Å². The van der Waals surface area contributed by atoms with Gasteiger partial charge in [0.25, 0.3) is 0 Å². The van der Waals surface area contributed by atoms with Gasteiger partial charge in [0, 0.05) is 50.9 Å². The molecule has 0 N–H and O–H groups in total. The van der Waals surface area contributed by atoms with Crippen molar-refractivity contribution < 1.29 is 50.9 Å². The van der Waals surface area contributed by atoms with Crippen LogP contribution in [-0.2, 0) is 50.9 Å². The van der Waals surface area contributed by atoms with Crippen molar-refractivity contribution in [3.8, 4) is 0 Å². The van der Waals surface area contributed by atoms with Crippen LogP contribution in [0.25, 0.3) is 0 Å². The molecule has 0 unspecified atom stereocenters. The standard InChI is InChI=1S/Cr.Ga.Mn.Ni.3H. The van der Waals surface area contributed by atoms with E-state index >= 15 is 0 Å². The normalized spacial score (nSPS) is 0. The summed E-state index contributed by atoms with van der Waals surface area (Å²) in [5, 5.41) is 0. The third-order valence-electron chi connectivity index (χ3n) is 0. The largest absolute Gasteiger partial charge is 0 e. The predicted molar refractivity (Wildman–Crippen MR) is 9.94 cm³/mol. The van der Waals surface area contributed by atoms with E-state index in [1.165, 1.54) is 0 Å². The molecule has 0 atom stereocenters. The fourth-order valence-electron chi connectivity index (χ4n) is 0. The molecule has 0 aromatic heterocycles. The molecule has 4 heteroatoms. The molecule has 0 saturated carbocycles. The summed E-state index contributed by atoms with van der Waals surface area (Å²) >= 11 is 0. The van der Waals surface area contributed by atoms with E-state index in [1.54, 1.807) is 0 Å². The fourth-order valence-corrected chi connectivity index (χ4v) is 0. The van der Waals surface area contributed by atoms with Crippen molar-refractivity contribution in [2.45, 2.75) is 0 Å². The van der Waals surface area contributed by atoms with E-state index < -0.39 is 0 Å². The first kappa shape index (κ1) is 34.9. The average molecular weight is 238 g/mol. The van der Waals surface area contributed by atoms with Crippen molar-refractivity contribution in [1.29, 1.82) is 0 Å². The van der Waals surface area contributed by atoms with E-state index in [0.717, 1.165) is 0 Å². The molecule has 0 spiro atoms. The van der Waals surface area contributed by atoms with Crippen molar-refractivity contribution in [2.24, 2.45) is 0 Å². The minimum Gasteiger partial charge on any atom is 0 e. The van der Waals surface area contributed by atoms with E-state index in [1.807, 2.05) is 0 Å². The number of hydrogen-bond donors (Lipinski definition) is 0. The zero-order valence-corrected chi connectivity index (χ0v) is 4.55. The first-order valence-electron chi connectivity index (χ1n) is 0. The Morgan fingerprint density at radius 3 is 1.00 bits per heavy atom. The summed E-state index contributed by atoms with van der Waals surface area (Å²) < 4.78 is 0. The molecule has 0 bridgehead atoms. The smallest absolute Gasteiger partial charge is 0 e. The van der Waals surface area contributed by atoms with Gasteiger partial charge >= 0.3 is 19.8 Å². The topological polar surface area (TPSA) is 0 Å². The second-order valence-electron chi connectivity index (χ2n) is 0. The molecule has 0 fully saturated rings. The second kappa shape index (κ2) is 19.0. The predicted octanol–water partition coefficient (Wildman–Crippen LogP) is -1.19. The molecule has 0 aliphatic carbocycles. The molecule has 0 aromatic rings. The van der Waals surface area contributed by atoms with Crippen molar-refractivity contribution in [1.82, 2.24) is 0 Å². The zero-order valence-electron chi connectivity index (χ0n) is 1.10. The molecular formula is H3CrGaMnNi. The number of rotatable bonds is 0. The van der Waals surface area contributed by atoms with Gasteiger partial charge in [0.1, 0.15) is 0 Å². The molecule has 0 aliphatic rings. The van der Waals surface area contributed by atoms with Gasteiger partial charge in [0.15, 0.2) is 0 Å². The van der Waals surface area contributed by atoms with E-state index in [-0.39, 0.29) is 70.7 Å². The maximum atomic E-state index is 0. The Kier molecular flexibility index (Phi) is 166. The Morgan fingerprint density at radius 1 is 1.00 bits per heavy atom. The molecule has 0 aromatic carbocycles. The average Bonchev–Trinajstić information content (AvgIpc) is 0. The zero-order chi connectivity index (χ0) is 0. The number of hydrogen-bond acceptors (Lipinski definition) is 0. The van der Waals surface area contributed by atoms with Gasteiger partial charge in [-0.05, 0) is 0 Å². The van der Waals surface area contributed by atoms with Gasteiger partial charge in [-0.25, -0.2) is 0 Å².